The first-order valence-corrected chi connectivity index (χ1v) is 13.2. The third-order valence-electron chi connectivity index (χ3n) is 7.23. The van der Waals surface area contributed by atoms with Gasteiger partial charge in [-0.25, -0.2) is 18.2 Å². The first-order valence-electron chi connectivity index (χ1n) is 12.3. The fourth-order valence-electron chi connectivity index (χ4n) is 4.89. The van der Waals surface area contributed by atoms with Crippen LogP contribution < -0.4 is 24.6 Å². The Bertz CT molecular complexity index is 1130. The van der Waals surface area contributed by atoms with E-state index in [0.717, 1.165) is 31.6 Å². The molecule has 3 aliphatic rings. The second-order valence-electron chi connectivity index (χ2n) is 9.85. The quantitative estimate of drug-likeness (QED) is 0.309. The van der Waals surface area contributed by atoms with E-state index >= 15 is 0 Å². The number of piperidine rings is 1. The van der Waals surface area contributed by atoms with Crippen LogP contribution in [-0.4, -0.2) is 68.1 Å². The van der Waals surface area contributed by atoms with Crippen LogP contribution >= 0.6 is 11.9 Å². The number of nitrogens with zero attached hydrogens (tertiary/aromatic N) is 3. The molecule has 0 unspecified atom stereocenters. The summed E-state index contributed by atoms with van der Waals surface area (Å²) in [6, 6.07) is 6.41. The van der Waals surface area contributed by atoms with Gasteiger partial charge in [0.15, 0.2) is 0 Å². The molecule has 0 bridgehead atoms. The highest BCUT2D eigenvalue weighted by Crippen LogP contribution is 2.54. The van der Waals surface area contributed by atoms with E-state index in [9.17, 15) is 18.0 Å². The number of carbonyl (C=O) groups excluding carboxylic acids is 1. The Kier molecular flexibility index (Phi) is 7.42. The number of ether oxygens (including phenoxy) is 1. The molecule has 37 heavy (non-hydrogen) atoms. The molecule has 3 fully saturated rings. The highest BCUT2D eigenvalue weighted by molar-refractivity contribution is 7.97. The Morgan fingerprint density at radius 1 is 1.11 bits per heavy atom. The summed E-state index contributed by atoms with van der Waals surface area (Å²) in [4.78, 5) is 21.4. The summed E-state index contributed by atoms with van der Waals surface area (Å²) in [5.41, 5.74) is 2.33. The minimum absolute atomic E-state index is 0.000765. The zero-order valence-corrected chi connectivity index (χ0v) is 21.1. The lowest BCUT2D eigenvalue weighted by Crippen LogP contribution is -2.56. The lowest BCUT2D eigenvalue weighted by Gasteiger charge is -2.41. The summed E-state index contributed by atoms with van der Waals surface area (Å²) in [6.07, 6.45) is 6.24. The molecule has 2 aromatic rings. The van der Waals surface area contributed by atoms with Gasteiger partial charge in [-0.3, -0.25) is 9.52 Å². The fraction of sp³-hybridized carbons (Fsp3) is 0.520. The van der Waals surface area contributed by atoms with Gasteiger partial charge in [-0.15, -0.1) is 0 Å². The summed E-state index contributed by atoms with van der Waals surface area (Å²) in [7, 11) is 0. The minimum atomic E-state index is -2.81. The van der Waals surface area contributed by atoms with Crippen LogP contribution in [0.15, 0.2) is 35.5 Å². The van der Waals surface area contributed by atoms with E-state index in [0.29, 0.717) is 33.9 Å². The van der Waals surface area contributed by atoms with Crippen molar-refractivity contribution in [2.45, 2.75) is 36.6 Å². The molecule has 2 saturated heterocycles. The van der Waals surface area contributed by atoms with E-state index in [1.807, 2.05) is 6.07 Å². The maximum absolute atomic E-state index is 13.5. The number of aromatic nitrogens is 1. The smallest absolute Gasteiger partial charge is 0.282 e. The molecular weight excluding hydrogens is 507 g/mol. The predicted molar refractivity (Wildman–Crippen MR) is 136 cm³/mol. The molecule has 1 saturated carbocycles. The van der Waals surface area contributed by atoms with Crippen molar-refractivity contribution in [1.29, 1.82) is 0 Å². The normalized spacial score (nSPS) is 19.5. The number of anilines is 3. The zero-order valence-electron chi connectivity index (χ0n) is 20.3. The van der Waals surface area contributed by atoms with Crippen molar-refractivity contribution in [2.24, 2.45) is 5.41 Å². The van der Waals surface area contributed by atoms with Crippen molar-refractivity contribution in [1.82, 2.24) is 9.71 Å². The molecule has 1 amide bonds. The van der Waals surface area contributed by atoms with Crippen molar-refractivity contribution in [3.63, 3.8) is 0 Å². The standard InChI is InChI=1S/C25H30F3N5O3S/c26-16-36-21-2-1-17(11-20(21)33-14-25(27,28)15-33)31-23(35)18-13-29-22(37-30-7-10-34)12-19(18)32-8-5-24(3-4-24)6-9-32/h1-2,11-13,30,34H,3-10,14-16H2,(H,31,35). The number of halogens is 3. The molecule has 1 aromatic heterocycles. The molecule has 12 heteroatoms. The van der Waals surface area contributed by atoms with Crippen LogP contribution in [-0.2, 0) is 0 Å². The Hall–Kier alpha value is -2.70. The molecule has 1 aliphatic carbocycles. The van der Waals surface area contributed by atoms with Gasteiger partial charge in [-0.1, -0.05) is 0 Å². The molecule has 1 spiro atoms. The first kappa shape index (κ1) is 25.9. The van der Waals surface area contributed by atoms with Crippen molar-refractivity contribution >= 4 is 34.9 Å². The van der Waals surface area contributed by atoms with Crippen LogP contribution in [0.5, 0.6) is 5.75 Å². The molecule has 2 aliphatic heterocycles. The summed E-state index contributed by atoms with van der Waals surface area (Å²) in [6.45, 7) is 0.0149. The van der Waals surface area contributed by atoms with Gasteiger partial charge in [0.05, 0.1) is 36.6 Å². The number of hydrogen-bond acceptors (Lipinski definition) is 8. The number of carbonyl (C=O) groups is 1. The van der Waals surface area contributed by atoms with E-state index in [4.69, 9.17) is 9.84 Å². The lowest BCUT2D eigenvalue weighted by atomic mass is 9.93. The Balaban J connectivity index is 1.37. The molecule has 3 heterocycles. The van der Waals surface area contributed by atoms with Crippen LogP contribution in [0.25, 0.3) is 0 Å². The average molecular weight is 538 g/mol. The topological polar surface area (TPSA) is 90.0 Å². The molecule has 3 N–H and O–H groups in total. The number of benzene rings is 1. The van der Waals surface area contributed by atoms with Crippen molar-refractivity contribution in [3.05, 3.63) is 36.0 Å². The molecule has 200 valence electrons. The lowest BCUT2D eigenvalue weighted by molar-refractivity contribution is -0.0265. The summed E-state index contributed by atoms with van der Waals surface area (Å²) in [5, 5.41) is 12.6. The van der Waals surface area contributed by atoms with Crippen LogP contribution in [0.3, 0.4) is 0 Å². The first-order chi connectivity index (χ1) is 17.8. The summed E-state index contributed by atoms with van der Waals surface area (Å²) < 4.78 is 47.8. The second kappa shape index (κ2) is 10.6. The van der Waals surface area contributed by atoms with Gasteiger partial charge in [0.25, 0.3) is 11.8 Å². The zero-order chi connectivity index (χ0) is 26.0. The van der Waals surface area contributed by atoms with Gasteiger partial charge in [-0.2, -0.15) is 0 Å². The maximum Gasteiger partial charge on any atom is 0.282 e. The highest BCUT2D eigenvalue weighted by atomic mass is 32.2. The average Bonchev–Trinajstić information content (AvgIpc) is 3.62. The van der Waals surface area contributed by atoms with Crippen LogP contribution in [0.2, 0.25) is 0 Å². The number of hydrogen-bond donors (Lipinski definition) is 3. The van der Waals surface area contributed by atoms with E-state index in [1.165, 1.54) is 48.0 Å². The number of rotatable bonds is 10. The Morgan fingerprint density at radius 3 is 2.51 bits per heavy atom. The van der Waals surface area contributed by atoms with Crippen LogP contribution in [0.1, 0.15) is 36.0 Å². The van der Waals surface area contributed by atoms with Crippen LogP contribution in [0, 0.1) is 5.41 Å². The number of alkyl halides is 3. The van der Waals surface area contributed by atoms with Gasteiger partial charge in [0.2, 0.25) is 6.86 Å². The highest BCUT2D eigenvalue weighted by Gasteiger charge is 2.45. The largest absolute Gasteiger partial charge is 0.461 e. The van der Waals surface area contributed by atoms with E-state index < -0.39 is 25.9 Å². The molecular formula is C25H30F3N5O3S. The summed E-state index contributed by atoms with van der Waals surface area (Å²) in [5.74, 6) is -3.06. The third-order valence-corrected chi connectivity index (χ3v) is 8.01. The van der Waals surface area contributed by atoms with Gasteiger partial charge in [-0.05, 0) is 67.3 Å². The van der Waals surface area contributed by atoms with E-state index in [1.54, 1.807) is 6.07 Å². The predicted octanol–water partition coefficient (Wildman–Crippen LogP) is 4.06. The molecule has 1 aromatic carbocycles. The molecule has 0 radical (unpaired) electrons. The van der Waals surface area contributed by atoms with Gasteiger partial charge >= 0.3 is 0 Å². The number of aliphatic hydroxyl groups excluding tert-OH is 1. The maximum atomic E-state index is 13.5. The van der Waals surface area contributed by atoms with Crippen molar-refractivity contribution in [3.8, 4) is 5.75 Å². The number of pyridine rings is 1. The summed E-state index contributed by atoms with van der Waals surface area (Å²) >= 11 is 1.29. The number of nitrogens with one attached hydrogen (secondary N) is 2. The Labute approximate surface area is 217 Å². The molecule has 5 rings (SSSR count). The monoisotopic (exact) mass is 537 g/mol. The number of amides is 1. The van der Waals surface area contributed by atoms with E-state index in [-0.39, 0.29) is 18.3 Å². The van der Waals surface area contributed by atoms with E-state index in [2.05, 4.69) is 19.9 Å². The molecule has 8 nitrogen and oxygen atoms in total. The third kappa shape index (κ3) is 5.91. The molecule has 0 atom stereocenters. The second-order valence-corrected chi connectivity index (χ2v) is 10.8. The van der Waals surface area contributed by atoms with Crippen molar-refractivity contribution < 1.29 is 27.8 Å². The minimum Gasteiger partial charge on any atom is -0.461 e. The van der Waals surface area contributed by atoms with Gasteiger partial charge in [0, 0.05) is 31.5 Å². The Morgan fingerprint density at radius 2 is 1.86 bits per heavy atom. The fourth-order valence-corrected chi connectivity index (χ4v) is 5.51. The van der Waals surface area contributed by atoms with Crippen LogP contribution in [0.4, 0.5) is 30.2 Å². The SMILES string of the molecule is O=C(Nc1ccc(OCF)c(N2CC(F)(F)C2)c1)c1cnc(SNCCO)cc1N1CCC2(CC1)CC2. The van der Waals surface area contributed by atoms with Crippen molar-refractivity contribution in [2.75, 3.05) is 61.3 Å². The van der Waals surface area contributed by atoms with Gasteiger partial charge < -0.3 is 25.0 Å². The van der Waals surface area contributed by atoms with Gasteiger partial charge in [0.1, 0.15) is 10.8 Å². The number of aliphatic hydroxyl groups is 1.